The maximum Gasteiger partial charge on any atom is 0.118 e. The molecule has 0 amide bonds. The van der Waals surface area contributed by atoms with E-state index in [1.54, 1.807) is 7.11 Å². The summed E-state index contributed by atoms with van der Waals surface area (Å²) in [7, 11) is 1.71. The molecular formula is C16H26N2O. The lowest BCUT2D eigenvalue weighted by molar-refractivity contribution is 0.202. The van der Waals surface area contributed by atoms with Crippen molar-refractivity contribution >= 4 is 0 Å². The number of rotatable bonds is 6. The second-order valence-electron chi connectivity index (χ2n) is 5.33. The molecule has 1 aromatic carbocycles. The van der Waals surface area contributed by atoms with Crippen LogP contribution in [-0.2, 0) is 0 Å². The maximum atomic E-state index is 5.22. The van der Waals surface area contributed by atoms with Gasteiger partial charge in [0.1, 0.15) is 5.75 Å². The molecule has 0 bridgehead atoms. The minimum absolute atomic E-state index is 0.457. The first-order valence-corrected chi connectivity index (χ1v) is 7.36. The molecule has 1 aliphatic rings. The van der Waals surface area contributed by atoms with Gasteiger partial charge in [-0.25, -0.2) is 0 Å². The van der Waals surface area contributed by atoms with E-state index < -0.39 is 0 Å². The Morgan fingerprint density at radius 2 is 2.11 bits per heavy atom. The van der Waals surface area contributed by atoms with Gasteiger partial charge in [0, 0.05) is 18.6 Å². The van der Waals surface area contributed by atoms with Crippen LogP contribution in [0.4, 0.5) is 0 Å². The van der Waals surface area contributed by atoms with E-state index in [1.807, 2.05) is 12.1 Å². The molecule has 3 nitrogen and oxygen atoms in total. The summed E-state index contributed by atoms with van der Waals surface area (Å²) in [6, 6.07) is 9.57. The van der Waals surface area contributed by atoms with Gasteiger partial charge in [0.25, 0.3) is 0 Å². The number of ether oxygens (including phenoxy) is 1. The van der Waals surface area contributed by atoms with E-state index in [1.165, 1.54) is 24.9 Å². The normalized spacial score (nSPS) is 20.7. The summed E-state index contributed by atoms with van der Waals surface area (Å²) in [6.07, 6.45) is 2.63. The number of hydrogen-bond acceptors (Lipinski definition) is 3. The standard InChI is InChI=1S/C16H26N2O/c1-4-18(12-15-6-5-11-17-15)13(2)14-7-9-16(19-3)10-8-14/h7-10,13,15,17H,4-6,11-12H2,1-3H3. The third kappa shape index (κ3) is 3.71. The molecule has 1 fully saturated rings. The maximum absolute atomic E-state index is 5.22. The molecule has 1 aliphatic heterocycles. The average molecular weight is 262 g/mol. The Kier molecular flexibility index (Phi) is 5.23. The van der Waals surface area contributed by atoms with E-state index >= 15 is 0 Å². The summed E-state index contributed by atoms with van der Waals surface area (Å²) in [6.45, 7) is 7.95. The van der Waals surface area contributed by atoms with Crippen LogP contribution in [0.5, 0.6) is 5.75 Å². The van der Waals surface area contributed by atoms with Gasteiger partial charge in [-0.3, -0.25) is 4.90 Å². The van der Waals surface area contributed by atoms with Crippen LogP contribution in [0.1, 0.15) is 38.3 Å². The predicted molar refractivity (Wildman–Crippen MR) is 79.7 cm³/mol. The van der Waals surface area contributed by atoms with Crippen molar-refractivity contribution in [1.29, 1.82) is 0 Å². The molecule has 1 heterocycles. The summed E-state index contributed by atoms with van der Waals surface area (Å²) < 4.78 is 5.22. The zero-order valence-corrected chi connectivity index (χ0v) is 12.4. The van der Waals surface area contributed by atoms with Crippen molar-refractivity contribution in [3.63, 3.8) is 0 Å². The van der Waals surface area contributed by atoms with E-state index in [2.05, 4.69) is 36.2 Å². The molecule has 1 N–H and O–H groups in total. The highest BCUT2D eigenvalue weighted by Gasteiger charge is 2.21. The fraction of sp³-hybridized carbons (Fsp3) is 0.625. The molecule has 2 atom stereocenters. The smallest absolute Gasteiger partial charge is 0.118 e. The Hall–Kier alpha value is -1.06. The molecular weight excluding hydrogens is 236 g/mol. The lowest BCUT2D eigenvalue weighted by atomic mass is 10.1. The first kappa shape index (κ1) is 14.4. The van der Waals surface area contributed by atoms with Crippen molar-refractivity contribution in [2.75, 3.05) is 26.7 Å². The van der Waals surface area contributed by atoms with Crippen LogP contribution in [0.25, 0.3) is 0 Å². The number of methoxy groups -OCH3 is 1. The van der Waals surface area contributed by atoms with Crippen LogP contribution in [0.15, 0.2) is 24.3 Å². The lowest BCUT2D eigenvalue weighted by Crippen LogP contribution is -2.38. The number of benzene rings is 1. The van der Waals surface area contributed by atoms with Crippen molar-refractivity contribution in [3.05, 3.63) is 29.8 Å². The molecule has 0 spiro atoms. The van der Waals surface area contributed by atoms with Crippen molar-refractivity contribution in [2.45, 2.75) is 38.8 Å². The van der Waals surface area contributed by atoms with Gasteiger partial charge in [-0.2, -0.15) is 0 Å². The zero-order valence-electron chi connectivity index (χ0n) is 12.4. The molecule has 3 heteroatoms. The van der Waals surface area contributed by atoms with Gasteiger partial charge in [-0.05, 0) is 50.6 Å². The average Bonchev–Trinajstić information content (AvgIpc) is 2.97. The molecule has 2 unspecified atom stereocenters. The van der Waals surface area contributed by atoms with Crippen LogP contribution in [0.3, 0.4) is 0 Å². The van der Waals surface area contributed by atoms with Gasteiger partial charge in [-0.15, -0.1) is 0 Å². The third-order valence-electron chi connectivity index (χ3n) is 4.17. The summed E-state index contributed by atoms with van der Waals surface area (Å²) in [5.41, 5.74) is 1.36. The monoisotopic (exact) mass is 262 g/mol. The first-order chi connectivity index (χ1) is 9.24. The highest BCUT2D eigenvalue weighted by molar-refractivity contribution is 5.28. The second-order valence-corrected chi connectivity index (χ2v) is 5.33. The predicted octanol–water partition coefficient (Wildman–Crippen LogP) is 2.83. The van der Waals surface area contributed by atoms with Gasteiger partial charge in [-0.1, -0.05) is 19.1 Å². The molecule has 0 aliphatic carbocycles. The van der Waals surface area contributed by atoms with Crippen molar-refractivity contribution in [1.82, 2.24) is 10.2 Å². The Balaban J connectivity index is 1.99. The Bertz CT molecular complexity index is 371. The van der Waals surface area contributed by atoms with Crippen LogP contribution in [-0.4, -0.2) is 37.7 Å². The van der Waals surface area contributed by atoms with Crippen LogP contribution < -0.4 is 10.1 Å². The van der Waals surface area contributed by atoms with E-state index in [-0.39, 0.29) is 0 Å². The molecule has 0 aromatic heterocycles. The van der Waals surface area contributed by atoms with E-state index in [4.69, 9.17) is 4.74 Å². The quantitative estimate of drug-likeness (QED) is 0.853. The second kappa shape index (κ2) is 6.92. The first-order valence-electron chi connectivity index (χ1n) is 7.36. The van der Waals surface area contributed by atoms with E-state index in [0.717, 1.165) is 18.8 Å². The number of nitrogens with zero attached hydrogens (tertiary/aromatic N) is 1. The fourth-order valence-electron chi connectivity index (χ4n) is 2.85. The highest BCUT2D eigenvalue weighted by Crippen LogP contribution is 2.23. The molecule has 0 saturated carbocycles. The van der Waals surface area contributed by atoms with Gasteiger partial charge in [0.2, 0.25) is 0 Å². The molecule has 106 valence electrons. The van der Waals surface area contributed by atoms with Gasteiger partial charge < -0.3 is 10.1 Å². The van der Waals surface area contributed by atoms with Crippen LogP contribution in [0, 0.1) is 0 Å². The summed E-state index contributed by atoms with van der Waals surface area (Å²) >= 11 is 0. The number of nitrogens with one attached hydrogen (secondary N) is 1. The minimum atomic E-state index is 0.457. The molecule has 2 rings (SSSR count). The fourth-order valence-corrected chi connectivity index (χ4v) is 2.85. The minimum Gasteiger partial charge on any atom is -0.497 e. The molecule has 1 saturated heterocycles. The van der Waals surface area contributed by atoms with E-state index in [9.17, 15) is 0 Å². The largest absolute Gasteiger partial charge is 0.497 e. The van der Waals surface area contributed by atoms with Gasteiger partial charge >= 0.3 is 0 Å². The number of likely N-dealkylation sites (N-methyl/N-ethyl adjacent to an activating group) is 1. The SMILES string of the molecule is CCN(CC1CCCN1)C(C)c1ccc(OC)cc1. The summed E-state index contributed by atoms with van der Waals surface area (Å²) in [5.74, 6) is 0.927. The molecule has 1 aromatic rings. The highest BCUT2D eigenvalue weighted by atomic mass is 16.5. The topological polar surface area (TPSA) is 24.5 Å². The number of hydrogen-bond donors (Lipinski definition) is 1. The van der Waals surface area contributed by atoms with Gasteiger partial charge in [0.15, 0.2) is 0 Å². The third-order valence-corrected chi connectivity index (χ3v) is 4.17. The Morgan fingerprint density at radius 1 is 1.37 bits per heavy atom. The lowest BCUT2D eigenvalue weighted by Gasteiger charge is -2.30. The molecule has 0 radical (unpaired) electrons. The van der Waals surface area contributed by atoms with E-state index in [0.29, 0.717) is 12.1 Å². The molecule has 19 heavy (non-hydrogen) atoms. The van der Waals surface area contributed by atoms with Crippen molar-refractivity contribution < 1.29 is 4.74 Å². The van der Waals surface area contributed by atoms with Gasteiger partial charge in [0.05, 0.1) is 7.11 Å². The zero-order chi connectivity index (χ0) is 13.7. The Labute approximate surface area is 116 Å². The van der Waals surface area contributed by atoms with Crippen LogP contribution in [0.2, 0.25) is 0 Å². The summed E-state index contributed by atoms with van der Waals surface area (Å²) in [4.78, 5) is 2.55. The summed E-state index contributed by atoms with van der Waals surface area (Å²) in [5, 5.41) is 3.58. The van der Waals surface area contributed by atoms with Crippen molar-refractivity contribution in [3.8, 4) is 5.75 Å². The van der Waals surface area contributed by atoms with Crippen LogP contribution >= 0.6 is 0 Å². The Morgan fingerprint density at radius 3 is 2.63 bits per heavy atom. The van der Waals surface area contributed by atoms with Crippen molar-refractivity contribution in [2.24, 2.45) is 0 Å².